The molecule has 2 rings (SSSR count). The van der Waals surface area contributed by atoms with Crippen molar-refractivity contribution in [3.05, 3.63) is 40.6 Å². The normalized spacial score (nSPS) is 11.3. The average molecular weight is 351 g/mol. The SMILES string of the molecule is CCc1nnc(CN(CC(=O)Nc2ccc(Cl)c(C)c2)C(C)C)o1. The third-order valence-corrected chi connectivity index (χ3v) is 4.09. The highest BCUT2D eigenvalue weighted by Crippen LogP contribution is 2.19. The molecule has 1 N–H and O–H groups in total. The molecule has 0 bridgehead atoms. The summed E-state index contributed by atoms with van der Waals surface area (Å²) in [5.41, 5.74) is 1.66. The van der Waals surface area contributed by atoms with Gasteiger partial charge in [0.1, 0.15) is 0 Å². The first-order valence-electron chi connectivity index (χ1n) is 8.00. The molecule has 0 unspecified atom stereocenters. The maximum Gasteiger partial charge on any atom is 0.238 e. The van der Waals surface area contributed by atoms with Gasteiger partial charge in [0, 0.05) is 23.2 Å². The highest BCUT2D eigenvalue weighted by atomic mass is 35.5. The number of carbonyl (C=O) groups excluding carboxylic acids is 1. The standard InChI is InChI=1S/C17H23ClN4O2/c1-5-16-20-21-17(24-16)10-22(11(2)3)9-15(23)19-13-6-7-14(18)12(4)8-13/h6-8,11H,5,9-10H2,1-4H3,(H,19,23). The van der Waals surface area contributed by atoms with Crippen molar-refractivity contribution >= 4 is 23.2 Å². The quantitative estimate of drug-likeness (QED) is 0.828. The van der Waals surface area contributed by atoms with Crippen molar-refractivity contribution < 1.29 is 9.21 Å². The Morgan fingerprint density at radius 1 is 1.33 bits per heavy atom. The minimum Gasteiger partial charge on any atom is -0.424 e. The third-order valence-electron chi connectivity index (χ3n) is 3.67. The summed E-state index contributed by atoms with van der Waals surface area (Å²) in [6.45, 7) is 8.59. The lowest BCUT2D eigenvalue weighted by atomic mass is 10.2. The molecule has 1 aromatic heterocycles. The van der Waals surface area contributed by atoms with Crippen LogP contribution in [0.1, 0.15) is 38.1 Å². The Kier molecular flexibility index (Phi) is 6.34. The molecule has 7 heteroatoms. The zero-order valence-electron chi connectivity index (χ0n) is 14.5. The molecule has 0 aliphatic carbocycles. The number of hydrogen-bond acceptors (Lipinski definition) is 5. The highest BCUT2D eigenvalue weighted by Gasteiger charge is 2.18. The fraction of sp³-hybridized carbons (Fsp3) is 0.471. The van der Waals surface area contributed by atoms with Gasteiger partial charge in [-0.25, -0.2) is 0 Å². The van der Waals surface area contributed by atoms with E-state index in [4.69, 9.17) is 16.0 Å². The van der Waals surface area contributed by atoms with Crippen molar-refractivity contribution in [3.63, 3.8) is 0 Å². The number of benzene rings is 1. The first-order valence-corrected chi connectivity index (χ1v) is 8.38. The van der Waals surface area contributed by atoms with Gasteiger partial charge in [0.05, 0.1) is 13.1 Å². The molecule has 0 aliphatic rings. The third kappa shape index (κ3) is 5.04. The Balaban J connectivity index is 1.98. The Labute approximate surface area is 147 Å². The number of nitrogens with one attached hydrogen (secondary N) is 1. The van der Waals surface area contributed by atoms with Crippen LogP contribution in [-0.2, 0) is 17.8 Å². The molecule has 2 aromatic rings. The molecular formula is C17H23ClN4O2. The Morgan fingerprint density at radius 3 is 2.62 bits per heavy atom. The van der Waals surface area contributed by atoms with Gasteiger partial charge in [0.25, 0.3) is 0 Å². The summed E-state index contributed by atoms with van der Waals surface area (Å²) in [5.74, 6) is 1.03. The molecule has 0 fully saturated rings. The smallest absolute Gasteiger partial charge is 0.238 e. The van der Waals surface area contributed by atoms with E-state index >= 15 is 0 Å². The average Bonchev–Trinajstić information content (AvgIpc) is 2.98. The molecule has 1 amide bonds. The van der Waals surface area contributed by atoms with Crippen LogP contribution in [0, 0.1) is 6.92 Å². The van der Waals surface area contributed by atoms with E-state index in [9.17, 15) is 4.79 Å². The molecule has 24 heavy (non-hydrogen) atoms. The number of rotatable bonds is 7. The highest BCUT2D eigenvalue weighted by molar-refractivity contribution is 6.31. The maximum atomic E-state index is 12.3. The number of hydrogen-bond donors (Lipinski definition) is 1. The van der Waals surface area contributed by atoms with Crippen molar-refractivity contribution in [1.82, 2.24) is 15.1 Å². The number of aryl methyl sites for hydroxylation is 2. The van der Waals surface area contributed by atoms with Gasteiger partial charge >= 0.3 is 0 Å². The van der Waals surface area contributed by atoms with E-state index in [1.54, 1.807) is 12.1 Å². The molecule has 0 spiro atoms. The van der Waals surface area contributed by atoms with Gasteiger partial charge < -0.3 is 9.73 Å². The Hall–Kier alpha value is -1.92. The van der Waals surface area contributed by atoms with E-state index < -0.39 is 0 Å². The van der Waals surface area contributed by atoms with Crippen LogP contribution in [0.25, 0.3) is 0 Å². The fourth-order valence-corrected chi connectivity index (χ4v) is 2.31. The van der Waals surface area contributed by atoms with Gasteiger partial charge in [-0.15, -0.1) is 10.2 Å². The summed E-state index contributed by atoms with van der Waals surface area (Å²) in [4.78, 5) is 14.3. The molecular weight excluding hydrogens is 328 g/mol. The van der Waals surface area contributed by atoms with E-state index in [0.717, 1.165) is 11.3 Å². The predicted octanol–water partition coefficient (Wildman–Crippen LogP) is 3.44. The summed E-state index contributed by atoms with van der Waals surface area (Å²) >= 11 is 6.00. The van der Waals surface area contributed by atoms with Gasteiger partial charge in [-0.3, -0.25) is 9.69 Å². The Bertz CT molecular complexity index is 700. The molecule has 130 valence electrons. The van der Waals surface area contributed by atoms with E-state index in [1.807, 2.05) is 38.7 Å². The van der Waals surface area contributed by atoms with Crippen molar-refractivity contribution in [2.24, 2.45) is 0 Å². The van der Waals surface area contributed by atoms with Crippen LogP contribution >= 0.6 is 11.6 Å². The molecule has 0 saturated heterocycles. The molecule has 0 radical (unpaired) electrons. The first kappa shape index (κ1) is 18.4. The lowest BCUT2D eigenvalue weighted by Gasteiger charge is -2.24. The number of anilines is 1. The van der Waals surface area contributed by atoms with Crippen molar-refractivity contribution in [3.8, 4) is 0 Å². The summed E-state index contributed by atoms with van der Waals surface area (Å²) < 4.78 is 5.53. The number of halogens is 1. The van der Waals surface area contributed by atoms with E-state index in [1.165, 1.54) is 0 Å². The zero-order valence-corrected chi connectivity index (χ0v) is 15.2. The summed E-state index contributed by atoms with van der Waals surface area (Å²) in [6.07, 6.45) is 0.699. The van der Waals surface area contributed by atoms with Gasteiger partial charge in [-0.05, 0) is 44.5 Å². The van der Waals surface area contributed by atoms with E-state index in [0.29, 0.717) is 29.8 Å². The molecule has 0 aliphatic heterocycles. The number of carbonyl (C=O) groups is 1. The number of amides is 1. The van der Waals surface area contributed by atoms with Crippen molar-refractivity contribution in [1.29, 1.82) is 0 Å². The van der Waals surface area contributed by atoms with Gasteiger partial charge in [-0.1, -0.05) is 18.5 Å². The van der Waals surface area contributed by atoms with Crippen LogP contribution in [0.15, 0.2) is 22.6 Å². The number of nitrogens with zero attached hydrogens (tertiary/aromatic N) is 3. The molecule has 1 heterocycles. The second-order valence-corrected chi connectivity index (χ2v) is 6.36. The molecule has 6 nitrogen and oxygen atoms in total. The second-order valence-electron chi connectivity index (χ2n) is 5.95. The largest absolute Gasteiger partial charge is 0.424 e. The molecule has 1 aromatic carbocycles. The first-order chi connectivity index (χ1) is 11.4. The van der Waals surface area contributed by atoms with Crippen LogP contribution in [0.2, 0.25) is 5.02 Å². The lowest BCUT2D eigenvalue weighted by molar-refractivity contribution is -0.117. The van der Waals surface area contributed by atoms with Gasteiger partial charge in [0.15, 0.2) is 0 Å². The fourth-order valence-electron chi connectivity index (χ4n) is 2.20. The topological polar surface area (TPSA) is 71.3 Å². The summed E-state index contributed by atoms with van der Waals surface area (Å²) in [7, 11) is 0. The van der Waals surface area contributed by atoms with Crippen molar-refractivity contribution in [2.45, 2.75) is 46.7 Å². The summed E-state index contributed by atoms with van der Waals surface area (Å²) in [5, 5.41) is 11.5. The van der Waals surface area contributed by atoms with E-state index in [-0.39, 0.29) is 18.5 Å². The van der Waals surface area contributed by atoms with Crippen LogP contribution < -0.4 is 5.32 Å². The zero-order chi connectivity index (χ0) is 17.7. The monoisotopic (exact) mass is 350 g/mol. The van der Waals surface area contributed by atoms with Crippen LogP contribution in [-0.4, -0.2) is 33.6 Å². The predicted molar refractivity (Wildman–Crippen MR) is 94.0 cm³/mol. The minimum atomic E-state index is -0.0966. The number of aromatic nitrogens is 2. The van der Waals surface area contributed by atoms with Gasteiger partial charge in [-0.2, -0.15) is 0 Å². The lowest BCUT2D eigenvalue weighted by Crippen LogP contribution is -2.37. The minimum absolute atomic E-state index is 0.0966. The van der Waals surface area contributed by atoms with E-state index in [2.05, 4.69) is 15.5 Å². The van der Waals surface area contributed by atoms with Crippen LogP contribution in [0.5, 0.6) is 0 Å². The molecule has 0 saturated carbocycles. The second kappa shape index (κ2) is 8.26. The summed E-state index contributed by atoms with van der Waals surface area (Å²) in [6, 6.07) is 5.58. The van der Waals surface area contributed by atoms with Crippen LogP contribution in [0.3, 0.4) is 0 Å². The van der Waals surface area contributed by atoms with Crippen LogP contribution in [0.4, 0.5) is 5.69 Å². The van der Waals surface area contributed by atoms with Crippen molar-refractivity contribution in [2.75, 3.05) is 11.9 Å². The van der Waals surface area contributed by atoms with Gasteiger partial charge in [0.2, 0.25) is 17.7 Å². The molecule has 0 atom stereocenters. The maximum absolute atomic E-state index is 12.3. The Morgan fingerprint density at radius 2 is 2.04 bits per heavy atom.